The fourth-order valence-corrected chi connectivity index (χ4v) is 5.40. The number of amides is 1. The highest BCUT2D eigenvalue weighted by atomic mass is 32.2. The summed E-state index contributed by atoms with van der Waals surface area (Å²) >= 11 is 0. The molecule has 2 fully saturated rings. The van der Waals surface area contributed by atoms with Crippen molar-refractivity contribution in [3.8, 4) is 0 Å². The van der Waals surface area contributed by atoms with Gasteiger partial charge in [0, 0.05) is 24.6 Å². The first-order valence-electron chi connectivity index (χ1n) is 10.2. The van der Waals surface area contributed by atoms with E-state index in [1.165, 1.54) is 4.31 Å². The molecule has 1 saturated heterocycles. The highest BCUT2D eigenvalue weighted by Crippen LogP contribution is 2.37. The van der Waals surface area contributed by atoms with Crippen LogP contribution in [0.5, 0.6) is 0 Å². The number of aromatic nitrogens is 2. The Kier molecular flexibility index (Phi) is 5.07. The molecule has 4 rings (SSSR count). The van der Waals surface area contributed by atoms with Crippen molar-refractivity contribution in [2.24, 2.45) is 5.92 Å². The number of hydrogen-bond acceptors (Lipinski definition) is 5. The normalized spacial score (nSPS) is 23.7. The average molecular weight is 409 g/mol. The van der Waals surface area contributed by atoms with Crippen molar-refractivity contribution < 1.29 is 13.2 Å². The lowest BCUT2D eigenvalue weighted by Crippen LogP contribution is -2.44. The number of H-pyrrole nitrogens is 1. The van der Waals surface area contributed by atoms with Crippen molar-refractivity contribution in [2.45, 2.75) is 70.2 Å². The maximum atomic E-state index is 12.7. The zero-order chi connectivity index (χ0) is 20.1. The molecule has 0 aromatic carbocycles. The third-order valence-corrected chi connectivity index (χ3v) is 8.26. The van der Waals surface area contributed by atoms with Crippen molar-refractivity contribution in [3.05, 3.63) is 27.4 Å². The molecule has 154 valence electrons. The summed E-state index contributed by atoms with van der Waals surface area (Å²) in [6.07, 6.45) is 4.96. The highest BCUT2D eigenvalue weighted by molar-refractivity contribution is 7.89. The molecule has 1 saturated carbocycles. The minimum absolute atomic E-state index is 0.121. The largest absolute Gasteiger partial charge is 0.332 e. The molecule has 1 aliphatic carbocycles. The van der Waals surface area contributed by atoms with Crippen molar-refractivity contribution in [2.75, 3.05) is 13.1 Å². The van der Waals surface area contributed by atoms with Gasteiger partial charge in [0.15, 0.2) is 0 Å². The van der Waals surface area contributed by atoms with Gasteiger partial charge in [-0.2, -0.15) is 4.31 Å². The Labute approximate surface area is 165 Å². The van der Waals surface area contributed by atoms with Crippen molar-refractivity contribution in [1.29, 1.82) is 0 Å². The molecule has 1 aromatic heterocycles. The molecule has 0 bridgehead atoms. The van der Waals surface area contributed by atoms with Crippen molar-refractivity contribution in [1.82, 2.24) is 19.2 Å². The zero-order valence-corrected chi connectivity index (χ0v) is 17.3. The SMILES string of the molecule is CC(C)S(=O)(=O)N1CCc2c(nc([C@@H]3CCCCN3C(=O)C3CC3)[nH]c2=O)C1. The topological polar surface area (TPSA) is 103 Å². The van der Waals surface area contributed by atoms with Crippen LogP contribution in [0.25, 0.3) is 0 Å². The predicted molar refractivity (Wildman–Crippen MR) is 104 cm³/mol. The number of likely N-dealkylation sites (tertiary alicyclic amines) is 1. The Morgan fingerprint density at radius 2 is 1.93 bits per heavy atom. The second-order valence-corrected chi connectivity index (χ2v) is 10.9. The number of hydrogen-bond donors (Lipinski definition) is 1. The van der Waals surface area contributed by atoms with Crippen LogP contribution in [-0.4, -0.2) is 51.8 Å². The molecule has 1 amide bonds. The Bertz CT molecular complexity index is 936. The summed E-state index contributed by atoms with van der Waals surface area (Å²) in [7, 11) is -3.40. The van der Waals surface area contributed by atoms with Crippen LogP contribution >= 0.6 is 0 Å². The lowest BCUT2D eigenvalue weighted by atomic mass is 10.00. The number of carbonyl (C=O) groups is 1. The molecular formula is C19H28N4O4S. The van der Waals surface area contributed by atoms with E-state index in [0.29, 0.717) is 36.6 Å². The van der Waals surface area contributed by atoms with Gasteiger partial charge in [0.1, 0.15) is 5.82 Å². The highest BCUT2D eigenvalue weighted by Gasteiger charge is 2.39. The van der Waals surface area contributed by atoms with Crippen LogP contribution in [0.2, 0.25) is 0 Å². The van der Waals surface area contributed by atoms with E-state index in [9.17, 15) is 18.0 Å². The van der Waals surface area contributed by atoms with E-state index in [2.05, 4.69) is 9.97 Å². The van der Waals surface area contributed by atoms with Gasteiger partial charge in [0.05, 0.1) is 23.5 Å². The van der Waals surface area contributed by atoms with Crippen LogP contribution in [0, 0.1) is 5.92 Å². The van der Waals surface area contributed by atoms with Gasteiger partial charge in [-0.25, -0.2) is 13.4 Å². The van der Waals surface area contributed by atoms with Gasteiger partial charge >= 0.3 is 0 Å². The van der Waals surface area contributed by atoms with E-state index in [0.717, 1.165) is 32.1 Å². The maximum Gasteiger partial charge on any atom is 0.254 e. The third-order valence-electron chi connectivity index (χ3n) is 6.04. The Morgan fingerprint density at radius 3 is 2.61 bits per heavy atom. The van der Waals surface area contributed by atoms with E-state index in [-0.39, 0.29) is 30.0 Å². The molecule has 3 aliphatic rings. The second kappa shape index (κ2) is 7.26. The van der Waals surface area contributed by atoms with Gasteiger partial charge in [0.2, 0.25) is 15.9 Å². The summed E-state index contributed by atoms with van der Waals surface area (Å²) in [5, 5.41) is -0.513. The predicted octanol–water partition coefficient (Wildman–Crippen LogP) is 1.33. The fourth-order valence-electron chi connectivity index (χ4n) is 4.15. The Hall–Kier alpha value is -1.74. The van der Waals surface area contributed by atoms with E-state index >= 15 is 0 Å². The Balaban J connectivity index is 1.66. The zero-order valence-electron chi connectivity index (χ0n) is 16.5. The molecule has 2 aliphatic heterocycles. The molecule has 8 nitrogen and oxygen atoms in total. The van der Waals surface area contributed by atoms with Crippen LogP contribution in [0.4, 0.5) is 0 Å². The number of carbonyl (C=O) groups excluding carboxylic acids is 1. The first kappa shape index (κ1) is 19.6. The summed E-state index contributed by atoms with van der Waals surface area (Å²) < 4.78 is 26.5. The smallest absolute Gasteiger partial charge is 0.254 e. The minimum atomic E-state index is -3.40. The molecule has 0 radical (unpaired) electrons. The molecule has 0 spiro atoms. The molecule has 1 atom stereocenters. The molecule has 0 unspecified atom stereocenters. The second-order valence-electron chi connectivity index (χ2n) is 8.37. The Morgan fingerprint density at radius 1 is 1.18 bits per heavy atom. The number of rotatable bonds is 4. The summed E-state index contributed by atoms with van der Waals surface area (Å²) in [6, 6.07) is -0.225. The molecule has 3 heterocycles. The van der Waals surface area contributed by atoms with Gasteiger partial charge in [0.25, 0.3) is 5.56 Å². The summed E-state index contributed by atoms with van der Waals surface area (Å²) in [6.45, 7) is 4.42. The lowest BCUT2D eigenvalue weighted by molar-refractivity contribution is -0.136. The summed E-state index contributed by atoms with van der Waals surface area (Å²) in [5.74, 6) is 0.784. The average Bonchev–Trinajstić information content (AvgIpc) is 3.52. The van der Waals surface area contributed by atoms with E-state index in [4.69, 9.17) is 0 Å². The number of aromatic amines is 1. The van der Waals surface area contributed by atoms with Gasteiger partial charge < -0.3 is 9.88 Å². The first-order valence-corrected chi connectivity index (χ1v) is 11.7. The number of piperidine rings is 1. The molecule has 28 heavy (non-hydrogen) atoms. The van der Waals surface area contributed by atoms with E-state index in [1.54, 1.807) is 13.8 Å². The van der Waals surface area contributed by atoms with Crippen LogP contribution in [0.15, 0.2) is 4.79 Å². The van der Waals surface area contributed by atoms with Gasteiger partial charge in [-0.05, 0) is 52.4 Å². The molecule has 9 heteroatoms. The number of nitrogens with one attached hydrogen (secondary N) is 1. The van der Waals surface area contributed by atoms with Gasteiger partial charge in [-0.15, -0.1) is 0 Å². The monoisotopic (exact) mass is 408 g/mol. The van der Waals surface area contributed by atoms with Crippen LogP contribution in [0.1, 0.15) is 69.1 Å². The maximum absolute atomic E-state index is 12.7. The van der Waals surface area contributed by atoms with E-state index in [1.807, 2.05) is 4.90 Å². The molecule has 1 aromatic rings. The van der Waals surface area contributed by atoms with Crippen LogP contribution < -0.4 is 5.56 Å². The number of fused-ring (bicyclic) bond motifs is 1. The first-order chi connectivity index (χ1) is 13.3. The summed E-state index contributed by atoms with van der Waals surface area (Å²) in [4.78, 5) is 34.8. The van der Waals surface area contributed by atoms with Crippen molar-refractivity contribution >= 4 is 15.9 Å². The van der Waals surface area contributed by atoms with Crippen LogP contribution in [0.3, 0.4) is 0 Å². The summed E-state index contributed by atoms with van der Waals surface area (Å²) in [5.41, 5.74) is 0.888. The third kappa shape index (κ3) is 3.50. The molecule has 1 N–H and O–H groups in total. The number of sulfonamides is 1. The van der Waals surface area contributed by atoms with E-state index < -0.39 is 15.3 Å². The lowest BCUT2D eigenvalue weighted by Gasteiger charge is -2.36. The van der Waals surface area contributed by atoms with Gasteiger partial charge in [-0.1, -0.05) is 0 Å². The standard InChI is InChI=1S/C19H28N4O4S/c1-12(2)28(26,27)22-10-8-14-15(11-22)20-17(21-18(14)24)16-5-3-4-9-23(16)19(25)13-6-7-13/h12-13,16H,3-11H2,1-2H3,(H,20,21,24)/t16-/m0/s1. The van der Waals surface area contributed by atoms with Gasteiger partial charge in [-0.3, -0.25) is 9.59 Å². The van der Waals surface area contributed by atoms with Crippen LogP contribution in [-0.2, 0) is 27.8 Å². The minimum Gasteiger partial charge on any atom is -0.332 e. The van der Waals surface area contributed by atoms with Crippen molar-refractivity contribution in [3.63, 3.8) is 0 Å². The molecular weight excluding hydrogens is 380 g/mol. The quantitative estimate of drug-likeness (QED) is 0.809. The fraction of sp³-hybridized carbons (Fsp3) is 0.737. The number of nitrogens with zero attached hydrogens (tertiary/aromatic N) is 3.